The SMILES string of the molecule is CNC(=O)C1(Nc2ccn(C)n2)CCN(C(=O)c2ncc(OC)cn2)CC1. The molecule has 1 fully saturated rings. The lowest BCUT2D eigenvalue weighted by molar-refractivity contribution is -0.126. The molecule has 2 aromatic heterocycles. The number of aryl methyl sites for hydroxylation is 1. The van der Waals surface area contributed by atoms with Crippen LogP contribution in [0.3, 0.4) is 0 Å². The van der Waals surface area contributed by atoms with E-state index in [1.807, 2.05) is 13.1 Å². The molecule has 0 radical (unpaired) electrons. The number of hydrogen-bond donors (Lipinski definition) is 2. The molecule has 1 saturated heterocycles. The highest BCUT2D eigenvalue weighted by Crippen LogP contribution is 2.27. The molecule has 3 rings (SSSR count). The number of nitrogens with zero attached hydrogens (tertiary/aromatic N) is 5. The van der Waals surface area contributed by atoms with E-state index in [0.29, 0.717) is 37.5 Å². The van der Waals surface area contributed by atoms with Crippen LogP contribution in [0.15, 0.2) is 24.7 Å². The second kappa shape index (κ2) is 7.60. The van der Waals surface area contributed by atoms with Crippen LogP contribution < -0.4 is 15.4 Å². The fraction of sp³-hybridized carbons (Fsp3) is 0.471. The lowest BCUT2D eigenvalue weighted by Gasteiger charge is -2.40. The Morgan fingerprint density at radius 3 is 2.41 bits per heavy atom. The summed E-state index contributed by atoms with van der Waals surface area (Å²) in [5.41, 5.74) is -0.819. The van der Waals surface area contributed by atoms with Gasteiger partial charge in [0.2, 0.25) is 11.7 Å². The first kappa shape index (κ1) is 18.6. The van der Waals surface area contributed by atoms with Crippen molar-refractivity contribution in [3.8, 4) is 5.75 Å². The highest BCUT2D eigenvalue weighted by Gasteiger charge is 2.42. The molecule has 27 heavy (non-hydrogen) atoms. The molecule has 1 aliphatic heterocycles. The number of amides is 2. The van der Waals surface area contributed by atoms with Crippen LogP contribution in [0.25, 0.3) is 0 Å². The summed E-state index contributed by atoms with van der Waals surface area (Å²) >= 11 is 0. The Balaban J connectivity index is 1.71. The number of carbonyl (C=O) groups excluding carboxylic acids is 2. The van der Waals surface area contributed by atoms with Crippen molar-refractivity contribution in [2.45, 2.75) is 18.4 Å². The largest absolute Gasteiger partial charge is 0.494 e. The Kier molecular flexibility index (Phi) is 5.24. The molecule has 0 saturated carbocycles. The van der Waals surface area contributed by atoms with Crippen molar-refractivity contribution in [3.63, 3.8) is 0 Å². The molecule has 0 aromatic carbocycles. The van der Waals surface area contributed by atoms with Crippen molar-refractivity contribution in [2.75, 3.05) is 32.6 Å². The maximum atomic E-state index is 12.6. The number of likely N-dealkylation sites (N-methyl/N-ethyl adjacent to an activating group) is 1. The molecule has 1 aliphatic rings. The molecule has 2 amide bonds. The smallest absolute Gasteiger partial charge is 0.291 e. The van der Waals surface area contributed by atoms with Gasteiger partial charge < -0.3 is 20.3 Å². The van der Waals surface area contributed by atoms with Gasteiger partial charge in [0.15, 0.2) is 5.75 Å². The highest BCUT2D eigenvalue weighted by atomic mass is 16.5. The van der Waals surface area contributed by atoms with E-state index in [1.54, 1.807) is 22.8 Å². The number of nitrogens with one attached hydrogen (secondary N) is 2. The monoisotopic (exact) mass is 373 g/mol. The zero-order valence-corrected chi connectivity index (χ0v) is 15.6. The van der Waals surface area contributed by atoms with Crippen LogP contribution >= 0.6 is 0 Å². The maximum absolute atomic E-state index is 12.6. The van der Waals surface area contributed by atoms with Gasteiger partial charge in [-0.25, -0.2) is 9.97 Å². The van der Waals surface area contributed by atoms with Gasteiger partial charge in [-0.05, 0) is 12.8 Å². The third-order valence-corrected chi connectivity index (χ3v) is 4.70. The number of methoxy groups -OCH3 is 1. The highest BCUT2D eigenvalue weighted by molar-refractivity contribution is 5.92. The molecule has 0 aliphatic carbocycles. The van der Waals surface area contributed by atoms with E-state index in [2.05, 4.69) is 25.7 Å². The van der Waals surface area contributed by atoms with Crippen LogP contribution in [-0.2, 0) is 11.8 Å². The predicted molar refractivity (Wildman–Crippen MR) is 97.3 cm³/mol. The van der Waals surface area contributed by atoms with Gasteiger partial charge in [-0.3, -0.25) is 14.3 Å². The number of ether oxygens (including phenoxy) is 1. The van der Waals surface area contributed by atoms with Crippen molar-refractivity contribution in [1.29, 1.82) is 0 Å². The van der Waals surface area contributed by atoms with Gasteiger partial charge in [-0.1, -0.05) is 0 Å². The van der Waals surface area contributed by atoms with Crippen molar-refractivity contribution in [3.05, 3.63) is 30.5 Å². The number of piperidine rings is 1. The summed E-state index contributed by atoms with van der Waals surface area (Å²) in [6.07, 6.45) is 5.62. The summed E-state index contributed by atoms with van der Waals surface area (Å²) in [4.78, 5) is 35.0. The third kappa shape index (κ3) is 3.83. The van der Waals surface area contributed by atoms with Crippen LogP contribution in [-0.4, -0.2) is 69.2 Å². The molecule has 0 atom stereocenters. The van der Waals surface area contributed by atoms with E-state index < -0.39 is 5.54 Å². The predicted octanol–water partition coefficient (Wildman–Crippen LogP) is 0.0516. The van der Waals surface area contributed by atoms with Crippen LogP contribution in [0.5, 0.6) is 5.75 Å². The number of aromatic nitrogens is 4. The first-order chi connectivity index (χ1) is 13.0. The van der Waals surface area contributed by atoms with Crippen molar-refractivity contribution < 1.29 is 14.3 Å². The van der Waals surface area contributed by atoms with Crippen LogP contribution in [0, 0.1) is 0 Å². The van der Waals surface area contributed by atoms with Crippen LogP contribution in [0.2, 0.25) is 0 Å². The number of likely N-dealkylation sites (tertiary alicyclic amines) is 1. The van der Waals surface area contributed by atoms with Crippen molar-refractivity contribution >= 4 is 17.6 Å². The molecule has 3 heterocycles. The summed E-state index contributed by atoms with van der Waals surface area (Å²) in [5.74, 6) is 0.839. The standard InChI is InChI=1S/C17H23N7O3/c1-18-16(26)17(21-13-4-7-23(2)22-13)5-8-24(9-6-17)15(25)14-19-10-12(27-3)11-20-14/h4,7,10-11H,5-6,8-9H2,1-3H3,(H,18,26)(H,21,22). The number of carbonyl (C=O) groups is 2. The molecule has 2 N–H and O–H groups in total. The van der Waals surface area contributed by atoms with Gasteiger partial charge in [0.25, 0.3) is 5.91 Å². The molecule has 10 heteroatoms. The molecule has 144 valence electrons. The van der Waals surface area contributed by atoms with E-state index in [-0.39, 0.29) is 17.6 Å². The molecular formula is C17H23N7O3. The summed E-state index contributed by atoms with van der Waals surface area (Å²) in [7, 11) is 4.93. The van der Waals surface area contributed by atoms with Gasteiger partial charge in [-0.15, -0.1) is 0 Å². The molecule has 10 nitrogen and oxygen atoms in total. The first-order valence-electron chi connectivity index (χ1n) is 8.63. The third-order valence-electron chi connectivity index (χ3n) is 4.70. The van der Waals surface area contributed by atoms with Crippen LogP contribution in [0.1, 0.15) is 23.5 Å². The summed E-state index contributed by atoms with van der Waals surface area (Å²) < 4.78 is 6.67. The Labute approximate surface area is 156 Å². The minimum atomic E-state index is -0.819. The van der Waals surface area contributed by atoms with E-state index in [9.17, 15) is 9.59 Å². The fourth-order valence-electron chi connectivity index (χ4n) is 3.14. The molecule has 0 unspecified atom stereocenters. The van der Waals surface area contributed by atoms with Gasteiger partial charge in [0.05, 0.1) is 19.5 Å². The van der Waals surface area contributed by atoms with Gasteiger partial charge in [0, 0.05) is 39.4 Å². The Hall–Kier alpha value is -3.17. The topological polar surface area (TPSA) is 114 Å². The van der Waals surface area contributed by atoms with E-state index in [0.717, 1.165) is 0 Å². The quantitative estimate of drug-likeness (QED) is 0.761. The number of hydrogen-bond acceptors (Lipinski definition) is 7. The summed E-state index contributed by atoms with van der Waals surface area (Å²) in [6, 6.07) is 1.81. The van der Waals surface area contributed by atoms with E-state index in [4.69, 9.17) is 4.74 Å². The molecule has 0 bridgehead atoms. The van der Waals surface area contributed by atoms with Crippen molar-refractivity contribution in [1.82, 2.24) is 30.0 Å². The van der Waals surface area contributed by atoms with Crippen LogP contribution in [0.4, 0.5) is 5.82 Å². The Morgan fingerprint density at radius 1 is 1.22 bits per heavy atom. The minimum Gasteiger partial charge on any atom is -0.494 e. The fourth-order valence-corrected chi connectivity index (χ4v) is 3.14. The average molecular weight is 373 g/mol. The lowest BCUT2D eigenvalue weighted by Crippen LogP contribution is -2.58. The number of rotatable bonds is 5. The molecule has 0 spiro atoms. The van der Waals surface area contributed by atoms with Gasteiger partial charge in [0.1, 0.15) is 11.4 Å². The normalized spacial score (nSPS) is 15.9. The van der Waals surface area contributed by atoms with Gasteiger partial charge in [-0.2, -0.15) is 5.10 Å². The van der Waals surface area contributed by atoms with Gasteiger partial charge >= 0.3 is 0 Å². The summed E-state index contributed by atoms with van der Waals surface area (Å²) in [6.45, 7) is 0.808. The zero-order valence-electron chi connectivity index (χ0n) is 15.6. The minimum absolute atomic E-state index is 0.112. The Morgan fingerprint density at radius 2 is 1.89 bits per heavy atom. The summed E-state index contributed by atoms with van der Waals surface area (Å²) in [5, 5.41) is 10.3. The zero-order chi connectivity index (χ0) is 19.4. The Bertz CT molecular complexity index is 810. The van der Waals surface area contributed by atoms with E-state index in [1.165, 1.54) is 19.5 Å². The lowest BCUT2D eigenvalue weighted by atomic mass is 9.86. The molecule has 2 aromatic rings. The second-order valence-corrected chi connectivity index (χ2v) is 6.40. The maximum Gasteiger partial charge on any atom is 0.291 e. The average Bonchev–Trinajstić information content (AvgIpc) is 3.11. The number of anilines is 1. The molecular weight excluding hydrogens is 350 g/mol. The first-order valence-corrected chi connectivity index (χ1v) is 8.63. The van der Waals surface area contributed by atoms with E-state index >= 15 is 0 Å². The second-order valence-electron chi connectivity index (χ2n) is 6.40. The van der Waals surface area contributed by atoms with Crippen molar-refractivity contribution in [2.24, 2.45) is 7.05 Å².